The van der Waals surface area contributed by atoms with Crippen LogP contribution in [0.1, 0.15) is 18.1 Å². The second-order valence-electron chi connectivity index (χ2n) is 5.89. The van der Waals surface area contributed by atoms with Crippen molar-refractivity contribution in [1.29, 1.82) is 5.26 Å². The van der Waals surface area contributed by atoms with Gasteiger partial charge in [-0.05, 0) is 18.1 Å². The van der Waals surface area contributed by atoms with Gasteiger partial charge < -0.3 is 0 Å². The Hall–Kier alpha value is -2.93. The Morgan fingerprint density at radius 1 is 0.870 bits per heavy atom. The van der Waals surface area contributed by atoms with E-state index >= 15 is 0 Å². The van der Waals surface area contributed by atoms with Crippen LogP contribution in [-0.4, -0.2) is 23.8 Å². The van der Waals surface area contributed by atoms with Gasteiger partial charge in [0.2, 0.25) is 5.91 Å². The molecule has 1 fully saturated rings. The molecule has 1 aliphatic heterocycles. The molecule has 1 aliphatic rings. The van der Waals surface area contributed by atoms with E-state index in [1.165, 1.54) is 7.05 Å². The Kier molecular flexibility index (Phi) is 3.30. The van der Waals surface area contributed by atoms with Crippen LogP contribution in [0.3, 0.4) is 0 Å². The van der Waals surface area contributed by atoms with E-state index in [0.29, 0.717) is 11.1 Å². The Bertz CT molecular complexity index is 769. The van der Waals surface area contributed by atoms with Crippen molar-refractivity contribution < 1.29 is 9.59 Å². The maximum absolute atomic E-state index is 13.2. The summed E-state index contributed by atoms with van der Waals surface area (Å²) in [5, 5.41) is 9.84. The summed E-state index contributed by atoms with van der Waals surface area (Å²) in [6.07, 6.45) is 0. The number of hydrogen-bond donors (Lipinski definition) is 0. The molecule has 2 aromatic rings. The van der Waals surface area contributed by atoms with Gasteiger partial charge in [-0.3, -0.25) is 14.5 Å². The van der Waals surface area contributed by atoms with Crippen molar-refractivity contribution in [2.45, 2.75) is 12.3 Å². The van der Waals surface area contributed by atoms with Crippen LogP contribution in [0.25, 0.3) is 0 Å². The summed E-state index contributed by atoms with van der Waals surface area (Å²) in [4.78, 5) is 27.0. The maximum atomic E-state index is 13.2. The standard InChI is InChI=1S/C19H16N2O2/c1-18(13-20)16(22)21(2)17(23)19(18,14-9-5-3-6-10-14)15-11-7-4-8-12-15/h3-12H,1-2H3. The van der Waals surface area contributed by atoms with Crippen molar-refractivity contribution in [3.8, 4) is 6.07 Å². The average Bonchev–Trinajstić information content (AvgIpc) is 2.76. The number of likely N-dealkylation sites (N-methyl/N-ethyl adjacent to an activating group) is 1. The van der Waals surface area contributed by atoms with Crippen LogP contribution < -0.4 is 0 Å². The van der Waals surface area contributed by atoms with Gasteiger partial charge in [0.15, 0.2) is 5.41 Å². The topological polar surface area (TPSA) is 61.2 Å². The monoisotopic (exact) mass is 304 g/mol. The molecule has 23 heavy (non-hydrogen) atoms. The van der Waals surface area contributed by atoms with Crippen LogP contribution in [0.5, 0.6) is 0 Å². The molecule has 1 atom stereocenters. The number of carbonyl (C=O) groups is 2. The summed E-state index contributed by atoms with van der Waals surface area (Å²) in [6, 6.07) is 20.3. The van der Waals surface area contributed by atoms with Crippen molar-refractivity contribution in [2.24, 2.45) is 5.41 Å². The molecule has 0 aliphatic carbocycles. The van der Waals surface area contributed by atoms with E-state index in [2.05, 4.69) is 6.07 Å². The second kappa shape index (κ2) is 5.06. The van der Waals surface area contributed by atoms with Gasteiger partial charge in [-0.15, -0.1) is 0 Å². The first kappa shape index (κ1) is 15.0. The van der Waals surface area contributed by atoms with Gasteiger partial charge in [0.1, 0.15) is 5.41 Å². The highest BCUT2D eigenvalue weighted by atomic mass is 16.2. The zero-order valence-electron chi connectivity index (χ0n) is 13.0. The molecule has 0 radical (unpaired) electrons. The number of benzene rings is 2. The third-order valence-electron chi connectivity index (χ3n) is 4.75. The molecule has 114 valence electrons. The lowest BCUT2D eigenvalue weighted by Crippen LogP contribution is -2.47. The molecule has 0 spiro atoms. The normalized spacial score (nSPS) is 22.9. The first-order valence-electron chi connectivity index (χ1n) is 7.35. The van der Waals surface area contributed by atoms with E-state index in [-0.39, 0.29) is 5.91 Å². The third kappa shape index (κ3) is 1.71. The van der Waals surface area contributed by atoms with Crippen LogP contribution in [0.15, 0.2) is 60.7 Å². The smallest absolute Gasteiger partial charge is 0.250 e. The fourth-order valence-electron chi connectivity index (χ4n) is 3.55. The van der Waals surface area contributed by atoms with Crippen LogP contribution in [0, 0.1) is 16.7 Å². The van der Waals surface area contributed by atoms with Gasteiger partial charge in [0.25, 0.3) is 5.91 Å². The lowest BCUT2D eigenvalue weighted by atomic mass is 9.59. The number of rotatable bonds is 2. The number of amides is 2. The highest BCUT2D eigenvalue weighted by Gasteiger charge is 2.68. The van der Waals surface area contributed by atoms with Crippen LogP contribution >= 0.6 is 0 Å². The van der Waals surface area contributed by atoms with Crippen molar-refractivity contribution in [1.82, 2.24) is 4.90 Å². The Morgan fingerprint density at radius 3 is 1.70 bits per heavy atom. The number of likely N-dealkylation sites (tertiary alicyclic amines) is 1. The molecule has 0 N–H and O–H groups in total. The van der Waals surface area contributed by atoms with E-state index in [0.717, 1.165) is 4.90 Å². The van der Waals surface area contributed by atoms with Crippen LogP contribution in [0.4, 0.5) is 0 Å². The zero-order chi connectivity index (χ0) is 16.7. The number of imide groups is 1. The molecule has 0 bridgehead atoms. The predicted molar refractivity (Wildman–Crippen MR) is 85.2 cm³/mol. The fraction of sp³-hybridized carbons (Fsp3) is 0.211. The molecule has 0 aromatic heterocycles. The molecular weight excluding hydrogens is 288 g/mol. The van der Waals surface area contributed by atoms with Gasteiger partial charge >= 0.3 is 0 Å². The average molecular weight is 304 g/mol. The van der Waals surface area contributed by atoms with Crippen LogP contribution in [0.2, 0.25) is 0 Å². The Balaban J connectivity index is 2.45. The fourth-order valence-corrected chi connectivity index (χ4v) is 3.55. The molecule has 1 heterocycles. The lowest BCUT2D eigenvalue weighted by molar-refractivity contribution is -0.138. The number of carbonyl (C=O) groups excluding carboxylic acids is 2. The second-order valence-corrected chi connectivity index (χ2v) is 5.89. The van der Waals surface area contributed by atoms with Gasteiger partial charge in [0.05, 0.1) is 6.07 Å². The molecule has 0 saturated carbocycles. The highest BCUT2D eigenvalue weighted by Crippen LogP contribution is 2.53. The van der Waals surface area contributed by atoms with E-state index in [4.69, 9.17) is 0 Å². The maximum Gasteiger partial charge on any atom is 0.250 e. The summed E-state index contributed by atoms with van der Waals surface area (Å²) < 4.78 is 0. The van der Waals surface area contributed by atoms with Gasteiger partial charge in [-0.1, -0.05) is 60.7 Å². The summed E-state index contributed by atoms with van der Waals surface area (Å²) in [5.74, 6) is -0.846. The summed E-state index contributed by atoms with van der Waals surface area (Å²) in [5.41, 5.74) is -1.53. The van der Waals surface area contributed by atoms with Gasteiger partial charge in [-0.2, -0.15) is 5.26 Å². The summed E-state index contributed by atoms with van der Waals surface area (Å²) >= 11 is 0. The van der Waals surface area contributed by atoms with Gasteiger partial charge in [0, 0.05) is 7.05 Å². The van der Waals surface area contributed by atoms with Crippen molar-refractivity contribution >= 4 is 11.8 Å². The number of hydrogen-bond acceptors (Lipinski definition) is 3. The SMILES string of the molecule is CN1C(=O)C(C)(C#N)C(c2ccccc2)(c2ccccc2)C1=O. The number of nitriles is 1. The van der Waals surface area contributed by atoms with Crippen molar-refractivity contribution in [3.63, 3.8) is 0 Å². The minimum atomic E-state index is -1.50. The molecule has 4 nitrogen and oxygen atoms in total. The van der Waals surface area contributed by atoms with Crippen LogP contribution in [-0.2, 0) is 15.0 Å². The highest BCUT2D eigenvalue weighted by molar-refractivity contribution is 6.15. The van der Waals surface area contributed by atoms with E-state index < -0.39 is 16.7 Å². The molecule has 3 rings (SSSR count). The summed E-state index contributed by atoms with van der Waals surface area (Å²) in [7, 11) is 1.44. The quantitative estimate of drug-likeness (QED) is 0.801. The summed E-state index contributed by atoms with van der Waals surface area (Å²) in [6.45, 7) is 1.55. The van der Waals surface area contributed by atoms with E-state index in [9.17, 15) is 14.9 Å². The zero-order valence-corrected chi connectivity index (χ0v) is 13.0. The van der Waals surface area contributed by atoms with E-state index in [1.54, 1.807) is 31.2 Å². The molecule has 2 amide bonds. The minimum Gasteiger partial charge on any atom is -0.283 e. The Morgan fingerprint density at radius 2 is 1.30 bits per heavy atom. The third-order valence-corrected chi connectivity index (χ3v) is 4.75. The molecule has 4 heteroatoms. The minimum absolute atomic E-state index is 0.371. The largest absolute Gasteiger partial charge is 0.283 e. The lowest BCUT2D eigenvalue weighted by Gasteiger charge is -2.35. The first-order valence-corrected chi connectivity index (χ1v) is 7.35. The molecule has 1 saturated heterocycles. The first-order chi connectivity index (χ1) is 11.0. The molecule has 1 unspecified atom stereocenters. The van der Waals surface area contributed by atoms with Crippen molar-refractivity contribution in [3.05, 3.63) is 71.8 Å². The van der Waals surface area contributed by atoms with E-state index in [1.807, 2.05) is 36.4 Å². The Labute approximate surface area is 135 Å². The van der Waals surface area contributed by atoms with Gasteiger partial charge in [-0.25, -0.2) is 0 Å². The molecular formula is C19H16N2O2. The number of nitrogens with zero attached hydrogens (tertiary/aromatic N) is 2. The van der Waals surface area contributed by atoms with Crippen molar-refractivity contribution in [2.75, 3.05) is 7.05 Å². The predicted octanol–water partition coefficient (Wildman–Crippen LogP) is 2.50. The molecule has 2 aromatic carbocycles.